The summed E-state index contributed by atoms with van der Waals surface area (Å²) in [6, 6.07) is 0.955. The Bertz CT molecular complexity index is 303. The topological polar surface area (TPSA) is 3.01 Å². The van der Waals surface area contributed by atoms with Crippen molar-refractivity contribution >= 4 is 0 Å². The summed E-state index contributed by atoms with van der Waals surface area (Å²) in [7, 11) is 0. The highest BCUT2D eigenvalue weighted by Crippen LogP contribution is 2.64. The van der Waals surface area contributed by atoms with Crippen molar-refractivity contribution in [2.45, 2.75) is 70.9 Å². The first-order chi connectivity index (χ1) is 7.96. The standard InChI is InChI=1S/C16H27N/c1-15(2,3)17-10-14(17)16-7-11-4-12(8-16)6-13(5-11)9-16/h11-14H,4-10H2,1-3H3. The average Bonchev–Trinajstić information content (AvgIpc) is 2.92. The van der Waals surface area contributed by atoms with Crippen LogP contribution in [0.5, 0.6) is 0 Å². The number of nitrogens with zero attached hydrogens (tertiary/aromatic N) is 1. The van der Waals surface area contributed by atoms with Crippen molar-refractivity contribution in [1.29, 1.82) is 0 Å². The summed E-state index contributed by atoms with van der Waals surface area (Å²) in [5.41, 5.74) is 1.18. The van der Waals surface area contributed by atoms with Crippen molar-refractivity contribution in [3.8, 4) is 0 Å². The van der Waals surface area contributed by atoms with Gasteiger partial charge >= 0.3 is 0 Å². The second-order valence-electron chi connectivity index (χ2n) is 8.62. The maximum Gasteiger partial charge on any atom is 0.0286 e. The first-order valence-electron chi connectivity index (χ1n) is 7.73. The highest BCUT2D eigenvalue weighted by Gasteiger charge is 2.61. The molecule has 4 saturated carbocycles. The summed E-state index contributed by atoms with van der Waals surface area (Å²) in [5, 5.41) is 0. The summed E-state index contributed by atoms with van der Waals surface area (Å²) >= 11 is 0. The van der Waals surface area contributed by atoms with Gasteiger partial charge in [0.15, 0.2) is 0 Å². The van der Waals surface area contributed by atoms with Gasteiger partial charge in [0.2, 0.25) is 0 Å². The molecule has 96 valence electrons. The van der Waals surface area contributed by atoms with Crippen LogP contribution < -0.4 is 0 Å². The lowest BCUT2D eigenvalue weighted by atomic mass is 9.48. The molecule has 17 heavy (non-hydrogen) atoms. The molecule has 5 fully saturated rings. The Morgan fingerprint density at radius 2 is 1.35 bits per heavy atom. The van der Waals surface area contributed by atoms with Gasteiger partial charge in [0.05, 0.1) is 0 Å². The SMILES string of the molecule is CC(C)(C)N1CC1C12CC3CC(CC(C3)C1)C2. The molecule has 2 unspecified atom stereocenters. The third-order valence-electron chi connectivity index (χ3n) is 6.27. The van der Waals surface area contributed by atoms with Crippen molar-refractivity contribution in [3.63, 3.8) is 0 Å². The van der Waals surface area contributed by atoms with Gasteiger partial charge in [0.1, 0.15) is 0 Å². The number of hydrogen-bond donors (Lipinski definition) is 0. The molecule has 1 heterocycles. The minimum atomic E-state index is 0.411. The van der Waals surface area contributed by atoms with Crippen molar-refractivity contribution in [1.82, 2.24) is 4.90 Å². The van der Waals surface area contributed by atoms with Crippen LogP contribution in [-0.2, 0) is 0 Å². The largest absolute Gasteiger partial charge is 0.292 e. The molecule has 0 amide bonds. The van der Waals surface area contributed by atoms with Crippen LogP contribution in [0.3, 0.4) is 0 Å². The Morgan fingerprint density at radius 3 is 1.71 bits per heavy atom. The first-order valence-corrected chi connectivity index (χ1v) is 7.73. The molecular weight excluding hydrogens is 206 g/mol. The molecule has 0 aromatic carbocycles. The highest BCUT2D eigenvalue weighted by atomic mass is 15.4. The van der Waals surface area contributed by atoms with Crippen LogP contribution in [0.4, 0.5) is 0 Å². The van der Waals surface area contributed by atoms with Gasteiger partial charge in [-0.3, -0.25) is 4.90 Å². The third-order valence-corrected chi connectivity index (χ3v) is 6.27. The van der Waals surface area contributed by atoms with Crippen LogP contribution in [0.2, 0.25) is 0 Å². The average molecular weight is 233 g/mol. The molecule has 0 N–H and O–H groups in total. The predicted molar refractivity (Wildman–Crippen MR) is 70.9 cm³/mol. The molecule has 4 bridgehead atoms. The van der Waals surface area contributed by atoms with E-state index >= 15 is 0 Å². The molecule has 5 rings (SSSR count). The molecule has 0 aromatic rings. The Labute approximate surface area is 106 Å². The predicted octanol–water partition coefficient (Wildman–Crippen LogP) is 3.69. The van der Waals surface area contributed by atoms with Crippen LogP contribution in [-0.4, -0.2) is 23.0 Å². The van der Waals surface area contributed by atoms with Gasteiger partial charge in [-0.2, -0.15) is 0 Å². The second-order valence-corrected chi connectivity index (χ2v) is 8.62. The fraction of sp³-hybridized carbons (Fsp3) is 1.00. The van der Waals surface area contributed by atoms with Crippen LogP contribution >= 0.6 is 0 Å². The zero-order valence-electron chi connectivity index (χ0n) is 11.7. The summed E-state index contributed by atoms with van der Waals surface area (Å²) in [4.78, 5) is 2.78. The molecule has 2 atom stereocenters. The van der Waals surface area contributed by atoms with E-state index in [1.165, 1.54) is 6.54 Å². The van der Waals surface area contributed by atoms with E-state index in [9.17, 15) is 0 Å². The summed E-state index contributed by atoms with van der Waals surface area (Å²) in [6.07, 6.45) is 9.49. The zero-order chi connectivity index (χ0) is 11.8. The van der Waals surface area contributed by atoms with E-state index in [0.29, 0.717) is 5.54 Å². The summed E-state index contributed by atoms with van der Waals surface area (Å²) < 4.78 is 0. The quantitative estimate of drug-likeness (QED) is 0.624. The molecule has 1 nitrogen and oxygen atoms in total. The normalized spacial score (nSPS) is 56.3. The highest BCUT2D eigenvalue weighted by molar-refractivity contribution is 5.14. The molecule has 5 aliphatic rings. The van der Waals surface area contributed by atoms with Gasteiger partial charge < -0.3 is 0 Å². The van der Waals surface area contributed by atoms with Gasteiger partial charge in [-0.25, -0.2) is 0 Å². The molecule has 0 aromatic heterocycles. The van der Waals surface area contributed by atoms with Crippen molar-refractivity contribution < 1.29 is 0 Å². The van der Waals surface area contributed by atoms with E-state index in [4.69, 9.17) is 0 Å². The van der Waals surface area contributed by atoms with E-state index < -0.39 is 0 Å². The lowest BCUT2D eigenvalue weighted by Gasteiger charge is -2.57. The van der Waals surface area contributed by atoms with Crippen LogP contribution in [0, 0.1) is 23.2 Å². The van der Waals surface area contributed by atoms with Gasteiger partial charge in [0, 0.05) is 18.1 Å². The lowest BCUT2D eigenvalue weighted by Crippen LogP contribution is -2.50. The van der Waals surface area contributed by atoms with E-state index in [1.54, 1.807) is 38.5 Å². The monoisotopic (exact) mass is 233 g/mol. The van der Waals surface area contributed by atoms with E-state index in [1.807, 2.05) is 0 Å². The first kappa shape index (κ1) is 10.8. The second kappa shape index (κ2) is 3.10. The van der Waals surface area contributed by atoms with Crippen molar-refractivity contribution in [2.75, 3.05) is 6.54 Å². The van der Waals surface area contributed by atoms with Crippen molar-refractivity contribution in [2.24, 2.45) is 23.2 Å². The Hall–Kier alpha value is -0.0400. The van der Waals surface area contributed by atoms with Crippen molar-refractivity contribution in [3.05, 3.63) is 0 Å². The van der Waals surface area contributed by atoms with Crippen LogP contribution in [0.1, 0.15) is 59.3 Å². The van der Waals surface area contributed by atoms with E-state index in [2.05, 4.69) is 25.7 Å². The van der Waals surface area contributed by atoms with Gasteiger partial charge in [-0.1, -0.05) is 0 Å². The van der Waals surface area contributed by atoms with E-state index in [0.717, 1.165) is 29.2 Å². The lowest BCUT2D eigenvalue weighted by molar-refractivity contribution is -0.0628. The Morgan fingerprint density at radius 1 is 0.882 bits per heavy atom. The fourth-order valence-electron chi connectivity index (χ4n) is 5.99. The molecular formula is C16H27N. The maximum absolute atomic E-state index is 2.78. The summed E-state index contributed by atoms with van der Waals surface area (Å²) in [6.45, 7) is 8.59. The smallest absolute Gasteiger partial charge is 0.0286 e. The van der Waals surface area contributed by atoms with E-state index in [-0.39, 0.29) is 0 Å². The summed E-state index contributed by atoms with van der Waals surface area (Å²) in [5.74, 6) is 3.34. The van der Waals surface area contributed by atoms with Crippen LogP contribution in [0.25, 0.3) is 0 Å². The van der Waals surface area contributed by atoms with Gasteiger partial charge in [-0.05, 0) is 82.5 Å². The van der Waals surface area contributed by atoms with Gasteiger partial charge in [0.25, 0.3) is 0 Å². The zero-order valence-corrected chi connectivity index (χ0v) is 11.7. The molecule has 1 saturated heterocycles. The van der Waals surface area contributed by atoms with Crippen LogP contribution in [0.15, 0.2) is 0 Å². The molecule has 1 heteroatoms. The molecule has 0 radical (unpaired) electrons. The molecule has 0 spiro atoms. The minimum absolute atomic E-state index is 0.411. The Balaban J connectivity index is 1.58. The Kier molecular flexibility index (Phi) is 1.98. The van der Waals surface area contributed by atoms with Gasteiger partial charge in [-0.15, -0.1) is 0 Å². The molecule has 4 aliphatic carbocycles. The third kappa shape index (κ3) is 1.54. The number of hydrogen-bond acceptors (Lipinski definition) is 1. The minimum Gasteiger partial charge on any atom is -0.292 e. The maximum atomic E-state index is 2.78. The molecule has 1 aliphatic heterocycles. The number of rotatable bonds is 1. The fourth-order valence-corrected chi connectivity index (χ4v) is 5.99.